The van der Waals surface area contributed by atoms with E-state index >= 15 is 0 Å². The lowest BCUT2D eigenvalue weighted by molar-refractivity contribution is 0.0726. The fraction of sp³-hybridized carbons (Fsp3) is 0.400. The smallest absolute Gasteiger partial charge is 0.272 e. The highest BCUT2D eigenvalue weighted by Gasteiger charge is 2.14. The number of pyridine rings is 1. The average molecular weight is 273 g/mol. The number of aromatic nitrogens is 1. The first kappa shape index (κ1) is 12.1. The monoisotopic (exact) mass is 272 g/mol. The highest BCUT2D eigenvalue weighted by molar-refractivity contribution is 9.10. The van der Waals surface area contributed by atoms with E-state index in [2.05, 4.69) is 20.9 Å². The number of carbonyl (C=O) groups is 1. The Bertz CT molecular complexity index is 344. The van der Waals surface area contributed by atoms with Crippen molar-refractivity contribution in [2.45, 2.75) is 6.92 Å². The summed E-state index contributed by atoms with van der Waals surface area (Å²) in [5, 5.41) is 8.79. The molecule has 1 heterocycles. The highest BCUT2D eigenvalue weighted by Crippen LogP contribution is 2.08. The second-order valence-electron chi connectivity index (χ2n) is 2.95. The normalized spacial score (nSPS) is 10.1. The number of hydrogen-bond donors (Lipinski definition) is 1. The predicted molar refractivity (Wildman–Crippen MR) is 60.6 cm³/mol. The van der Waals surface area contributed by atoms with Crippen LogP contribution in [0.25, 0.3) is 0 Å². The molecule has 1 aromatic rings. The Hall–Kier alpha value is -0.940. The van der Waals surface area contributed by atoms with E-state index in [-0.39, 0.29) is 12.5 Å². The first-order valence-corrected chi connectivity index (χ1v) is 5.51. The van der Waals surface area contributed by atoms with Gasteiger partial charge in [0.05, 0.1) is 6.61 Å². The van der Waals surface area contributed by atoms with E-state index in [9.17, 15) is 4.79 Å². The third-order valence-electron chi connectivity index (χ3n) is 1.97. The summed E-state index contributed by atoms with van der Waals surface area (Å²) in [4.78, 5) is 17.5. The fourth-order valence-electron chi connectivity index (χ4n) is 1.21. The van der Waals surface area contributed by atoms with Crippen molar-refractivity contribution in [3.63, 3.8) is 0 Å². The van der Waals surface area contributed by atoms with Crippen LogP contribution in [-0.2, 0) is 0 Å². The molecule has 1 rings (SSSR count). The molecule has 0 bridgehead atoms. The predicted octanol–water partition coefficient (Wildman–Crippen LogP) is 1.30. The number of aliphatic hydroxyl groups is 1. The Balaban J connectivity index is 2.82. The van der Waals surface area contributed by atoms with Crippen LogP contribution in [0, 0.1) is 0 Å². The molecule has 0 aromatic carbocycles. The van der Waals surface area contributed by atoms with Crippen LogP contribution >= 0.6 is 15.9 Å². The van der Waals surface area contributed by atoms with Crippen molar-refractivity contribution >= 4 is 21.8 Å². The quantitative estimate of drug-likeness (QED) is 0.841. The summed E-state index contributed by atoms with van der Waals surface area (Å²) in [5.41, 5.74) is 0.389. The maximum atomic E-state index is 11.8. The van der Waals surface area contributed by atoms with E-state index in [0.717, 1.165) is 0 Å². The molecule has 0 radical (unpaired) electrons. The van der Waals surface area contributed by atoms with Crippen molar-refractivity contribution in [3.8, 4) is 0 Å². The van der Waals surface area contributed by atoms with Crippen LogP contribution in [0.5, 0.6) is 0 Å². The van der Waals surface area contributed by atoms with E-state index in [0.29, 0.717) is 23.4 Å². The molecule has 15 heavy (non-hydrogen) atoms. The van der Waals surface area contributed by atoms with Gasteiger partial charge in [0, 0.05) is 13.1 Å². The Labute approximate surface area is 97.1 Å². The molecule has 0 aliphatic carbocycles. The molecular formula is C10H13BrN2O2. The lowest BCUT2D eigenvalue weighted by atomic mass is 10.3. The van der Waals surface area contributed by atoms with Gasteiger partial charge in [0.25, 0.3) is 5.91 Å². The molecule has 0 aliphatic heterocycles. The second-order valence-corrected chi connectivity index (χ2v) is 3.77. The van der Waals surface area contributed by atoms with Crippen LogP contribution in [0.4, 0.5) is 0 Å². The third kappa shape index (κ3) is 3.28. The zero-order valence-electron chi connectivity index (χ0n) is 8.48. The van der Waals surface area contributed by atoms with Crippen LogP contribution in [0.15, 0.2) is 22.8 Å². The number of amides is 1. The average Bonchev–Trinajstić information content (AvgIpc) is 2.25. The Kier molecular flexibility index (Phi) is 4.71. The van der Waals surface area contributed by atoms with Crippen LogP contribution < -0.4 is 0 Å². The summed E-state index contributed by atoms with van der Waals surface area (Å²) in [5.74, 6) is -0.159. The molecule has 1 aromatic heterocycles. The Morgan fingerprint density at radius 1 is 1.60 bits per heavy atom. The molecule has 0 aliphatic rings. The largest absolute Gasteiger partial charge is 0.395 e. The summed E-state index contributed by atoms with van der Waals surface area (Å²) in [6.07, 6.45) is 0. The summed E-state index contributed by atoms with van der Waals surface area (Å²) in [7, 11) is 0. The number of carbonyl (C=O) groups excluding carboxylic acids is 1. The van der Waals surface area contributed by atoms with Crippen LogP contribution in [0.1, 0.15) is 17.4 Å². The maximum Gasteiger partial charge on any atom is 0.272 e. The topological polar surface area (TPSA) is 53.4 Å². The molecule has 0 saturated heterocycles. The molecule has 5 heteroatoms. The van der Waals surface area contributed by atoms with Crippen molar-refractivity contribution in [1.82, 2.24) is 9.88 Å². The minimum Gasteiger partial charge on any atom is -0.395 e. The lowest BCUT2D eigenvalue weighted by Gasteiger charge is -2.18. The van der Waals surface area contributed by atoms with Crippen molar-refractivity contribution in [3.05, 3.63) is 28.5 Å². The van der Waals surface area contributed by atoms with Gasteiger partial charge in [-0.1, -0.05) is 6.07 Å². The van der Waals surface area contributed by atoms with E-state index < -0.39 is 0 Å². The van der Waals surface area contributed by atoms with Crippen LogP contribution in [0.2, 0.25) is 0 Å². The molecule has 0 atom stereocenters. The summed E-state index contributed by atoms with van der Waals surface area (Å²) < 4.78 is 0.633. The lowest BCUT2D eigenvalue weighted by Crippen LogP contribution is -2.33. The molecule has 0 fully saturated rings. The Morgan fingerprint density at radius 2 is 2.33 bits per heavy atom. The van der Waals surface area contributed by atoms with Gasteiger partial charge in [-0.15, -0.1) is 0 Å². The van der Waals surface area contributed by atoms with Crippen molar-refractivity contribution < 1.29 is 9.90 Å². The number of aliphatic hydroxyl groups excluding tert-OH is 1. The number of likely N-dealkylation sites (N-methyl/N-ethyl adjacent to an activating group) is 1. The zero-order chi connectivity index (χ0) is 11.3. The molecule has 4 nitrogen and oxygen atoms in total. The van der Waals surface area contributed by atoms with Gasteiger partial charge >= 0.3 is 0 Å². The summed E-state index contributed by atoms with van der Waals surface area (Å²) >= 11 is 3.21. The molecule has 1 N–H and O–H groups in total. The molecule has 1 amide bonds. The van der Waals surface area contributed by atoms with Gasteiger partial charge in [-0.25, -0.2) is 4.98 Å². The maximum absolute atomic E-state index is 11.8. The van der Waals surface area contributed by atoms with Crippen LogP contribution in [0.3, 0.4) is 0 Å². The van der Waals surface area contributed by atoms with Gasteiger partial charge in [0.15, 0.2) is 0 Å². The van der Waals surface area contributed by atoms with Crippen LogP contribution in [-0.4, -0.2) is 40.6 Å². The van der Waals surface area contributed by atoms with Crippen molar-refractivity contribution in [2.24, 2.45) is 0 Å². The Morgan fingerprint density at radius 3 is 2.87 bits per heavy atom. The van der Waals surface area contributed by atoms with Gasteiger partial charge in [0.2, 0.25) is 0 Å². The van der Waals surface area contributed by atoms with E-state index in [1.807, 2.05) is 6.92 Å². The molecule has 0 spiro atoms. The molecule has 0 saturated carbocycles. The summed E-state index contributed by atoms with van der Waals surface area (Å²) in [6.45, 7) is 2.73. The first-order valence-electron chi connectivity index (χ1n) is 4.71. The zero-order valence-corrected chi connectivity index (χ0v) is 10.1. The van der Waals surface area contributed by atoms with Gasteiger partial charge in [0.1, 0.15) is 10.3 Å². The number of nitrogens with zero attached hydrogens (tertiary/aromatic N) is 2. The molecular weight excluding hydrogens is 260 g/mol. The van der Waals surface area contributed by atoms with Gasteiger partial charge < -0.3 is 10.0 Å². The number of rotatable bonds is 4. The summed E-state index contributed by atoms with van der Waals surface area (Å²) in [6, 6.07) is 5.18. The number of hydrogen-bond acceptors (Lipinski definition) is 3. The minimum atomic E-state index is -0.159. The highest BCUT2D eigenvalue weighted by atomic mass is 79.9. The second kappa shape index (κ2) is 5.82. The van der Waals surface area contributed by atoms with Gasteiger partial charge in [-0.05, 0) is 35.0 Å². The van der Waals surface area contributed by atoms with E-state index in [4.69, 9.17) is 5.11 Å². The fourth-order valence-corrected chi connectivity index (χ4v) is 1.56. The molecule has 0 unspecified atom stereocenters. The first-order chi connectivity index (χ1) is 7.19. The van der Waals surface area contributed by atoms with Crippen molar-refractivity contribution in [2.75, 3.05) is 19.7 Å². The minimum absolute atomic E-state index is 0.0341. The van der Waals surface area contributed by atoms with E-state index in [1.54, 1.807) is 23.1 Å². The SMILES string of the molecule is CCN(CCO)C(=O)c1cccc(Br)n1. The number of halogens is 1. The van der Waals surface area contributed by atoms with Gasteiger partial charge in [-0.3, -0.25) is 4.79 Å². The third-order valence-corrected chi connectivity index (χ3v) is 2.41. The van der Waals surface area contributed by atoms with Gasteiger partial charge in [-0.2, -0.15) is 0 Å². The molecule has 82 valence electrons. The van der Waals surface area contributed by atoms with Crippen molar-refractivity contribution in [1.29, 1.82) is 0 Å². The van der Waals surface area contributed by atoms with E-state index in [1.165, 1.54) is 0 Å². The standard InChI is InChI=1S/C10H13BrN2O2/c1-2-13(6-7-14)10(15)8-4-3-5-9(11)12-8/h3-5,14H,2,6-7H2,1H3.